The molecule has 60 valence electrons. The lowest BCUT2D eigenvalue weighted by molar-refractivity contribution is 0.754. The zero-order chi connectivity index (χ0) is 8.97. The van der Waals surface area contributed by atoms with Gasteiger partial charge in [0.15, 0.2) is 0 Å². The van der Waals surface area contributed by atoms with Gasteiger partial charge >= 0.3 is 0 Å². The molecule has 0 N–H and O–H groups in total. The summed E-state index contributed by atoms with van der Waals surface area (Å²) in [6.07, 6.45) is 7.17. The lowest BCUT2D eigenvalue weighted by Gasteiger charge is -1.97. The van der Waals surface area contributed by atoms with Gasteiger partial charge in [-0.05, 0) is 19.4 Å². The second-order valence-electron chi connectivity index (χ2n) is 2.34. The van der Waals surface area contributed by atoms with Crippen LogP contribution in [0.3, 0.4) is 0 Å². The predicted molar refractivity (Wildman–Crippen MR) is 47.2 cm³/mol. The van der Waals surface area contributed by atoms with Gasteiger partial charge in [-0.2, -0.15) is 0 Å². The van der Waals surface area contributed by atoms with Crippen LogP contribution in [-0.2, 0) is 6.54 Å². The Labute approximate surface area is 69.0 Å². The standard InChI is InChI=1S/C9H14N2/c1-3-5-6-9-7-10-8-11(9)4-2/h5-8H,3-4H2,1-2H3/i8D. The molecule has 0 saturated heterocycles. The Hall–Kier alpha value is -1.05. The van der Waals surface area contributed by atoms with Crippen LogP contribution in [0.25, 0.3) is 6.08 Å². The number of hydrogen-bond donors (Lipinski definition) is 0. The Morgan fingerprint density at radius 2 is 2.55 bits per heavy atom. The minimum atomic E-state index is 0.341. The van der Waals surface area contributed by atoms with Crippen LogP contribution in [0.4, 0.5) is 0 Å². The van der Waals surface area contributed by atoms with E-state index in [1.54, 1.807) is 6.20 Å². The molecule has 1 rings (SSSR count). The molecule has 1 aromatic heterocycles. The Bertz CT molecular complexity index is 276. The second kappa shape index (κ2) is 3.96. The van der Waals surface area contributed by atoms with Gasteiger partial charge in [-0.15, -0.1) is 0 Å². The smallest absolute Gasteiger partial charge is 0.104 e. The van der Waals surface area contributed by atoms with Crippen LogP contribution in [0.15, 0.2) is 18.6 Å². The molecule has 2 nitrogen and oxygen atoms in total. The maximum Gasteiger partial charge on any atom is 0.104 e. The summed E-state index contributed by atoms with van der Waals surface area (Å²) in [6, 6.07) is 0. The lowest BCUT2D eigenvalue weighted by atomic mass is 10.3. The second-order valence-corrected chi connectivity index (χ2v) is 2.34. The number of imidazole rings is 1. The predicted octanol–water partition coefficient (Wildman–Crippen LogP) is 2.33. The maximum absolute atomic E-state index is 7.45. The van der Waals surface area contributed by atoms with Crippen molar-refractivity contribution >= 4 is 6.08 Å². The molecule has 0 aromatic carbocycles. The SMILES string of the molecule is [2H]c1ncc(C=CCC)n1CC. The van der Waals surface area contributed by atoms with E-state index < -0.39 is 0 Å². The molecular formula is C9H14N2. The molecule has 0 saturated carbocycles. The summed E-state index contributed by atoms with van der Waals surface area (Å²) in [7, 11) is 0. The summed E-state index contributed by atoms with van der Waals surface area (Å²) in [5.41, 5.74) is 1.02. The van der Waals surface area contributed by atoms with Crippen LogP contribution in [0, 0.1) is 0 Å². The summed E-state index contributed by atoms with van der Waals surface area (Å²) < 4.78 is 9.31. The van der Waals surface area contributed by atoms with Crippen molar-refractivity contribution in [2.24, 2.45) is 0 Å². The quantitative estimate of drug-likeness (QED) is 0.648. The molecule has 0 fully saturated rings. The molecule has 0 aliphatic rings. The molecule has 0 bridgehead atoms. The highest BCUT2D eigenvalue weighted by Crippen LogP contribution is 2.01. The average Bonchev–Trinajstić information content (AvgIpc) is 2.43. The molecule has 11 heavy (non-hydrogen) atoms. The molecule has 1 heterocycles. The van der Waals surface area contributed by atoms with E-state index in [4.69, 9.17) is 1.37 Å². The van der Waals surface area contributed by atoms with Gasteiger partial charge in [0.1, 0.15) is 1.37 Å². The number of hydrogen-bond acceptors (Lipinski definition) is 1. The first-order chi connectivity index (χ1) is 5.79. The van der Waals surface area contributed by atoms with E-state index in [-0.39, 0.29) is 0 Å². The van der Waals surface area contributed by atoms with Crippen LogP contribution < -0.4 is 0 Å². The Balaban J connectivity index is 2.91. The average molecular weight is 151 g/mol. The fourth-order valence-electron chi connectivity index (χ4n) is 0.917. The largest absolute Gasteiger partial charge is 0.331 e. The van der Waals surface area contributed by atoms with Gasteiger partial charge in [0.05, 0.1) is 18.2 Å². The third-order valence-electron chi connectivity index (χ3n) is 1.53. The van der Waals surface area contributed by atoms with Crippen molar-refractivity contribution in [3.05, 3.63) is 24.3 Å². The highest BCUT2D eigenvalue weighted by molar-refractivity contribution is 5.43. The molecule has 0 atom stereocenters. The summed E-state index contributed by atoms with van der Waals surface area (Å²) in [4.78, 5) is 3.92. The van der Waals surface area contributed by atoms with Crippen LogP contribution in [0.1, 0.15) is 27.3 Å². The van der Waals surface area contributed by atoms with Gasteiger partial charge < -0.3 is 4.57 Å². The van der Waals surface area contributed by atoms with E-state index >= 15 is 0 Å². The Morgan fingerprint density at radius 1 is 1.73 bits per heavy atom. The topological polar surface area (TPSA) is 17.8 Å². The van der Waals surface area contributed by atoms with E-state index in [0.29, 0.717) is 6.30 Å². The number of rotatable bonds is 3. The van der Waals surface area contributed by atoms with Gasteiger partial charge in [0.25, 0.3) is 0 Å². The number of allylic oxidation sites excluding steroid dienone is 1. The fraction of sp³-hybridized carbons (Fsp3) is 0.444. The molecule has 0 spiro atoms. The van der Waals surface area contributed by atoms with E-state index in [9.17, 15) is 0 Å². The third kappa shape index (κ3) is 1.93. The zero-order valence-corrected chi connectivity index (χ0v) is 7.04. The minimum absolute atomic E-state index is 0.341. The van der Waals surface area contributed by atoms with E-state index in [1.165, 1.54) is 0 Å². The molecule has 0 radical (unpaired) electrons. The molecule has 0 unspecified atom stereocenters. The van der Waals surface area contributed by atoms with Crippen LogP contribution in [-0.4, -0.2) is 9.55 Å². The van der Waals surface area contributed by atoms with Crippen LogP contribution in [0.5, 0.6) is 0 Å². The van der Waals surface area contributed by atoms with Crippen molar-refractivity contribution in [3.8, 4) is 0 Å². The Morgan fingerprint density at radius 3 is 3.18 bits per heavy atom. The number of aromatic nitrogens is 2. The lowest BCUT2D eigenvalue weighted by Crippen LogP contribution is -1.93. The molecule has 0 amide bonds. The van der Waals surface area contributed by atoms with Crippen molar-refractivity contribution in [1.82, 2.24) is 9.55 Å². The first-order valence-electron chi connectivity index (χ1n) is 4.48. The number of nitrogens with zero attached hydrogens (tertiary/aromatic N) is 2. The summed E-state index contributed by atoms with van der Waals surface area (Å²) in [5.74, 6) is 0. The summed E-state index contributed by atoms with van der Waals surface area (Å²) >= 11 is 0. The van der Waals surface area contributed by atoms with Gasteiger partial charge in [-0.1, -0.05) is 13.0 Å². The van der Waals surface area contributed by atoms with E-state index in [2.05, 4.69) is 18.0 Å². The van der Waals surface area contributed by atoms with Crippen molar-refractivity contribution in [2.75, 3.05) is 0 Å². The molecule has 0 aliphatic heterocycles. The summed E-state index contributed by atoms with van der Waals surface area (Å²) in [5, 5.41) is 0. The fourth-order valence-corrected chi connectivity index (χ4v) is 0.917. The maximum atomic E-state index is 7.45. The van der Waals surface area contributed by atoms with Gasteiger partial charge in [-0.3, -0.25) is 0 Å². The van der Waals surface area contributed by atoms with Crippen molar-refractivity contribution < 1.29 is 1.37 Å². The van der Waals surface area contributed by atoms with Crippen LogP contribution in [0.2, 0.25) is 0 Å². The van der Waals surface area contributed by atoms with Crippen molar-refractivity contribution in [1.29, 1.82) is 0 Å². The molecule has 0 aliphatic carbocycles. The molecular weight excluding hydrogens is 136 g/mol. The third-order valence-corrected chi connectivity index (χ3v) is 1.53. The van der Waals surface area contributed by atoms with E-state index in [0.717, 1.165) is 18.7 Å². The monoisotopic (exact) mass is 151 g/mol. The normalized spacial score (nSPS) is 12.4. The summed E-state index contributed by atoms with van der Waals surface area (Å²) in [6.45, 7) is 4.91. The van der Waals surface area contributed by atoms with E-state index in [1.807, 2.05) is 17.6 Å². The van der Waals surface area contributed by atoms with Gasteiger partial charge in [0, 0.05) is 6.54 Å². The highest BCUT2D eigenvalue weighted by Gasteiger charge is 1.92. The van der Waals surface area contributed by atoms with Crippen LogP contribution >= 0.6 is 0 Å². The molecule has 1 aromatic rings. The van der Waals surface area contributed by atoms with Gasteiger partial charge in [0.2, 0.25) is 0 Å². The van der Waals surface area contributed by atoms with Gasteiger partial charge in [-0.25, -0.2) is 4.98 Å². The highest BCUT2D eigenvalue weighted by atomic mass is 15.0. The zero-order valence-electron chi connectivity index (χ0n) is 8.04. The minimum Gasteiger partial charge on any atom is -0.331 e. The van der Waals surface area contributed by atoms with Crippen molar-refractivity contribution in [2.45, 2.75) is 26.8 Å². The first kappa shape index (κ1) is 6.65. The first-order valence-corrected chi connectivity index (χ1v) is 3.98. The Kier molecular flexibility index (Phi) is 2.39. The van der Waals surface area contributed by atoms with Crippen molar-refractivity contribution in [3.63, 3.8) is 0 Å². The molecule has 2 heteroatoms.